The lowest BCUT2D eigenvalue weighted by molar-refractivity contribution is 0.0990. The SMILES string of the molecule is CC(C)(C)n1cc(F)c2c(N)ccnc21.CC(C)(C)n1cc(F)c2c1N=CCC2=O.CC(C)(C)n1ncc2c1N=CCC2=O.CNc1ccnn2c(C(C)(C)C)cnc12.Cc1nc(N)c2ncn(C(C)(C)C)c2n1. The number of aromatic nitrogens is 12. The van der Waals surface area contributed by atoms with E-state index in [0.29, 0.717) is 57.5 Å². The van der Waals surface area contributed by atoms with E-state index in [-0.39, 0.29) is 56.9 Å². The van der Waals surface area contributed by atoms with E-state index in [9.17, 15) is 18.4 Å². The number of rotatable bonds is 1. The van der Waals surface area contributed by atoms with Gasteiger partial charge in [0.05, 0.1) is 58.4 Å². The Morgan fingerprint density at radius 3 is 1.84 bits per heavy atom. The molecular formula is C53H71F2N17O2. The summed E-state index contributed by atoms with van der Waals surface area (Å²) in [5.41, 5.74) is 17.2. The Bertz CT molecular complexity index is 3410. The van der Waals surface area contributed by atoms with E-state index in [2.05, 4.69) is 92.0 Å². The van der Waals surface area contributed by atoms with Crippen LogP contribution in [0.25, 0.3) is 27.8 Å². The number of hydrogen-bond acceptors (Lipinski definition) is 14. The molecule has 0 spiro atoms. The van der Waals surface area contributed by atoms with Crippen molar-refractivity contribution in [1.29, 1.82) is 0 Å². The summed E-state index contributed by atoms with van der Waals surface area (Å²) < 4.78 is 36.4. The van der Waals surface area contributed by atoms with Crippen LogP contribution in [-0.2, 0) is 27.6 Å². The highest BCUT2D eigenvalue weighted by atomic mass is 19.1. The summed E-state index contributed by atoms with van der Waals surface area (Å²) in [5, 5.41) is 12.1. The average Bonchev–Trinajstić information content (AvgIpc) is 4.13. The molecule has 0 bridgehead atoms. The first-order valence-corrected chi connectivity index (χ1v) is 24.3. The fraction of sp³-hybridized carbons (Fsp3) is 0.453. The van der Waals surface area contributed by atoms with Crippen LogP contribution in [0, 0.1) is 18.6 Å². The second-order valence-corrected chi connectivity index (χ2v) is 22.9. The molecule has 21 heteroatoms. The molecule has 5 N–H and O–H groups in total. The van der Waals surface area contributed by atoms with Crippen LogP contribution in [0.2, 0.25) is 0 Å². The smallest absolute Gasteiger partial charge is 0.177 e. The van der Waals surface area contributed by atoms with Gasteiger partial charge in [0.25, 0.3) is 0 Å². The Morgan fingerprint density at radius 1 is 0.635 bits per heavy atom. The monoisotopic (exact) mass is 1020 g/mol. The van der Waals surface area contributed by atoms with Gasteiger partial charge in [0.15, 0.2) is 46.1 Å². The van der Waals surface area contributed by atoms with Crippen molar-refractivity contribution < 1.29 is 18.4 Å². The van der Waals surface area contributed by atoms with Crippen molar-refractivity contribution in [3.63, 3.8) is 0 Å². The minimum absolute atomic E-state index is 0.0536. The molecule has 0 saturated carbocycles. The van der Waals surface area contributed by atoms with Crippen molar-refractivity contribution >= 4 is 80.7 Å². The summed E-state index contributed by atoms with van der Waals surface area (Å²) in [5.74, 6) is 1.37. The van der Waals surface area contributed by atoms with Gasteiger partial charge in [-0.15, -0.1) is 0 Å². The van der Waals surface area contributed by atoms with E-state index in [1.165, 1.54) is 18.6 Å². The number of halogens is 2. The third kappa shape index (κ3) is 11.9. The van der Waals surface area contributed by atoms with Gasteiger partial charge in [0.1, 0.15) is 22.8 Å². The average molecular weight is 1020 g/mol. The first-order chi connectivity index (χ1) is 34.2. The summed E-state index contributed by atoms with van der Waals surface area (Å²) in [6, 6.07) is 3.53. The van der Waals surface area contributed by atoms with Crippen LogP contribution >= 0.6 is 0 Å². The molecule has 0 aliphatic carbocycles. The molecule has 0 aromatic carbocycles. The molecule has 0 unspecified atom stereocenters. The molecule has 394 valence electrons. The van der Waals surface area contributed by atoms with Crippen molar-refractivity contribution in [2.75, 3.05) is 23.8 Å². The number of hydrogen-bond donors (Lipinski definition) is 3. The number of anilines is 3. The fourth-order valence-corrected chi connectivity index (χ4v) is 7.93. The molecule has 2 aliphatic rings. The number of nitrogen functional groups attached to an aromatic ring is 2. The molecular weight excluding hydrogens is 945 g/mol. The maximum absolute atomic E-state index is 13.7. The molecule has 74 heavy (non-hydrogen) atoms. The number of aliphatic imine (C=N–C) groups is 2. The molecule has 10 heterocycles. The third-order valence-corrected chi connectivity index (χ3v) is 11.7. The molecule has 8 aromatic rings. The zero-order chi connectivity index (χ0) is 55.0. The summed E-state index contributed by atoms with van der Waals surface area (Å²) in [7, 11) is 1.89. The van der Waals surface area contributed by atoms with Gasteiger partial charge in [-0.25, -0.2) is 52.9 Å². The second-order valence-electron chi connectivity index (χ2n) is 22.9. The molecule has 19 nitrogen and oxygen atoms in total. The Kier molecular flexibility index (Phi) is 15.5. The van der Waals surface area contributed by atoms with Crippen LogP contribution in [0.5, 0.6) is 0 Å². The Hall–Kier alpha value is -7.71. The van der Waals surface area contributed by atoms with Crippen LogP contribution in [-0.4, -0.2) is 89.1 Å². The van der Waals surface area contributed by atoms with E-state index in [1.807, 2.05) is 97.6 Å². The zero-order valence-electron chi connectivity index (χ0n) is 45.8. The number of Topliss-reactive ketones (excluding diaryl/α,β-unsaturated/α-hetero) is 2. The number of nitrogens with one attached hydrogen (secondary N) is 1. The zero-order valence-corrected chi connectivity index (χ0v) is 45.8. The molecule has 10 rings (SSSR count). The highest BCUT2D eigenvalue weighted by Gasteiger charge is 2.29. The number of carbonyl (C=O) groups excluding carboxylic acids is 2. The van der Waals surface area contributed by atoms with E-state index in [0.717, 1.165) is 22.7 Å². The van der Waals surface area contributed by atoms with E-state index in [4.69, 9.17) is 11.5 Å². The fourth-order valence-electron chi connectivity index (χ4n) is 7.93. The first-order valence-electron chi connectivity index (χ1n) is 24.3. The lowest BCUT2D eigenvalue weighted by Gasteiger charge is -2.23. The van der Waals surface area contributed by atoms with Crippen molar-refractivity contribution in [1.82, 2.24) is 58.0 Å². The van der Waals surface area contributed by atoms with Gasteiger partial charge in [-0.05, 0) is 102 Å². The van der Waals surface area contributed by atoms with Crippen molar-refractivity contribution in [3.05, 3.63) is 89.9 Å². The quantitative estimate of drug-likeness (QED) is 0.139. The summed E-state index contributed by atoms with van der Waals surface area (Å²) in [6.45, 7) is 32.5. The number of pyridine rings is 1. The number of carbonyl (C=O) groups is 2. The van der Waals surface area contributed by atoms with Gasteiger partial charge >= 0.3 is 0 Å². The molecule has 8 aromatic heterocycles. The van der Waals surface area contributed by atoms with E-state index < -0.39 is 5.82 Å². The van der Waals surface area contributed by atoms with E-state index >= 15 is 0 Å². The van der Waals surface area contributed by atoms with Gasteiger partial charge in [-0.1, -0.05) is 20.8 Å². The Morgan fingerprint density at radius 2 is 1.24 bits per heavy atom. The predicted octanol–water partition coefficient (Wildman–Crippen LogP) is 10.7. The minimum Gasteiger partial charge on any atom is -0.398 e. The number of ketones is 2. The molecule has 0 radical (unpaired) electrons. The lowest BCUT2D eigenvalue weighted by atomic mass is 9.93. The standard InChI is InChI=1S/C11H14FN3.C11H13FN2O.C11H16N4.C10H15N5.C10H13N3O/c1-11(2,3)15-6-7(12)9-8(13)4-5-14-10(9)15;1-11(2,3)14-6-7(12)9-8(15)4-5-13-10(9)14;1-11(2,3)9-7-13-10-8(12-4)5-6-14-15(9)10;1-6-13-8(11)7-9(14-6)15(5-12-7)10(2,3)4;1-10(2,3)13-9-7(6-12-13)8(14)4-5-11-9/h4-6H,1-3H3,(H2,13,14);5-6H,4H2,1-3H3;5-7,12H,1-4H3;5H,1-4H3,(H2,11,13,14);5-6H,4H2,1-3H3. The highest BCUT2D eigenvalue weighted by Crippen LogP contribution is 2.34. The van der Waals surface area contributed by atoms with Crippen molar-refractivity contribution in [3.8, 4) is 0 Å². The van der Waals surface area contributed by atoms with Gasteiger partial charge in [-0.2, -0.15) is 10.2 Å². The maximum atomic E-state index is 13.7. The van der Waals surface area contributed by atoms with Crippen molar-refractivity contribution in [2.24, 2.45) is 9.98 Å². The number of nitrogens with two attached hydrogens (primary N) is 2. The molecule has 0 atom stereocenters. The minimum atomic E-state index is -0.471. The highest BCUT2D eigenvalue weighted by molar-refractivity contribution is 6.10. The maximum Gasteiger partial charge on any atom is 0.177 e. The Labute approximate surface area is 430 Å². The molecule has 0 saturated heterocycles. The molecule has 0 fully saturated rings. The summed E-state index contributed by atoms with van der Waals surface area (Å²) >= 11 is 0. The molecule has 2 aliphatic heterocycles. The van der Waals surface area contributed by atoms with Crippen molar-refractivity contribution in [2.45, 2.75) is 151 Å². The Balaban J connectivity index is 0.000000151. The largest absolute Gasteiger partial charge is 0.398 e. The molecule has 0 amide bonds. The van der Waals surface area contributed by atoms with Gasteiger partial charge in [0.2, 0.25) is 0 Å². The number of nitrogens with zero attached hydrogens (tertiary/aromatic N) is 14. The van der Waals surface area contributed by atoms with Crippen LogP contribution in [0.3, 0.4) is 0 Å². The van der Waals surface area contributed by atoms with Gasteiger partial charge < -0.3 is 30.5 Å². The first kappa shape index (κ1) is 55.6. The number of aryl methyl sites for hydroxylation is 1. The number of fused-ring (bicyclic) bond motifs is 5. The normalized spacial score (nSPS) is 13.6. The van der Waals surface area contributed by atoms with Gasteiger partial charge in [-0.3, -0.25) is 9.59 Å². The second kappa shape index (κ2) is 20.7. The van der Waals surface area contributed by atoms with Gasteiger partial charge in [0, 0.05) is 78.6 Å². The van der Waals surface area contributed by atoms with Crippen LogP contribution < -0.4 is 16.8 Å². The third-order valence-electron chi connectivity index (χ3n) is 11.7. The lowest BCUT2D eigenvalue weighted by Crippen LogP contribution is -2.23. The summed E-state index contributed by atoms with van der Waals surface area (Å²) in [4.78, 5) is 52.6. The topological polar surface area (TPSA) is 237 Å². The van der Waals surface area contributed by atoms with Crippen LogP contribution in [0.4, 0.5) is 37.6 Å². The van der Waals surface area contributed by atoms with E-state index in [1.54, 1.807) is 51.0 Å². The number of imidazole rings is 2. The van der Waals surface area contributed by atoms with Crippen LogP contribution in [0.1, 0.15) is 149 Å². The predicted molar refractivity (Wildman–Crippen MR) is 291 cm³/mol. The van der Waals surface area contributed by atoms with Crippen LogP contribution in [0.15, 0.2) is 65.6 Å². The summed E-state index contributed by atoms with van der Waals surface area (Å²) in [6.07, 6.45) is 15.2.